The molecule has 68 valence electrons. The molecule has 1 unspecified atom stereocenters. The van der Waals surface area contributed by atoms with Crippen molar-refractivity contribution >= 4 is 5.71 Å². The van der Waals surface area contributed by atoms with E-state index in [1.807, 2.05) is 12.1 Å². The molecule has 1 N–H and O–H groups in total. The van der Waals surface area contributed by atoms with Gasteiger partial charge in [0, 0.05) is 12.1 Å². The van der Waals surface area contributed by atoms with Crippen molar-refractivity contribution in [3.63, 3.8) is 0 Å². The second-order valence-corrected chi connectivity index (χ2v) is 3.31. The number of rotatable bonds is 1. The minimum Gasteiger partial charge on any atom is -0.411 e. The Balaban J connectivity index is 2.46. The molecule has 0 fully saturated rings. The first-order valence-corrected chi connectivity index (χ1v) is 4.53. The fourth-order valence-corrected chi connectivity index (χ4v) is 1.86. The molecule has 0 saturated heterocycles. The second kappa shape index (κ2) is 3.17. The van der Waals surface area contributed by atoms with Crippen molar-refractivity contribution in [1.29, 1.82) is 0 Å². The zero-order valence-electron chi connectivity index (χ0n) is 7.57. The van der Waals surface area contributed by atoms with E-state index < -0.39 is 0 Å². The number of oxime groups is 1. The van der Waals surface area contributed by atoms with Gasteiger partial charge in [-0.2, -0.15) is 0 Å². The maximum absolute atomic E-state index is 8.86. The fourth-order valence-electron chi connectivity index (χ4n) is 1.86. The van der Waals surface area contributed by atoms with E-state index in [9.17, 15) is 0 Å². The lowest BCUT2D eigenvalue weighted by Crippen LogP contribution is -2.09. The van der Waals surface area contributed by atoms with Crippen LogP contribution in [0.3, 0.4) is 0 Å². The van der Waals surface area contributed by atoms with Crippen LogP contribution in [0.4, 0.5) is 0 Å². The van der Waals surface area contributed by atoms with E-state index in [4.69, 9.17) is 5.21 Å². The van der Waals surface area contributed by atoms with E-state index in [-0.39, 0.29) is 0 Å². The Kier molecular flexibility index (Phi) is 2.00. The molecule has 1 aliphatic rings. The third-order valence-electron chi connectivity index (χ3n) is 2.59. The molecular weight excluding hydrogens is 164 g/mol. The minimum absolute atomic E-state index is 0.342. The third-order valence-corrected chi connectivity index (χ3v) is 2.59. The van der Waals surface area contributed by atoms with E-state index in [1.54, 1.807) is 6.20 Å². The molecule has 0 amide bonds. The van der Waals surface area contributed by atoms with Crippen LogP contribution in [0.15, 0.2) is 23.5 Å². The SMILES string of the molecule is CCC1Cc2cccnc2/C1=N/O. The van der Waals surface area contributed by atoms with Crippen LogP contribution in [0, 0.1) is 5.92 Å². The van der Waals surface area contributed by atoms with Gasteiger partial charge in [0.25, 0.3) is 0 Å². The van der Waals surface area contributed by atoms with Gasteiger partial charge in [0.1, 0.15) is 5.71 Å². The molecule has 0 aliphatic heterocycles. The quantitative estimate of drug-likeness (QED) is 0.524. The maximum Gasteiger partial charge on any atom is 0.109 e. The van der Waals surface area contributed by atoms with Crippen LogP contribution in [0.1, 0.15) is 24.6 Å². The summed E-state index contributed by atoms with van der Waals surface area (Å²) in [6.07, 6.45) is 3.69. The normalized spacial score (nSPS) is 23.5. The smallest absolute Gasteiger partial charge is 0.109 e. The predicted octanol–water partition coefficient (Wildman–Crippen LogP) is 1.84. The Morgan fingerprint density at radius 1 is 1.69 bits per heavy atom. The van der Waals surface area contributed by atoms with Crippen LogP contribution in [0.2, 0.25) is 0 Å². The largest absolute Gasteiger partial charge is 0.411 e. The fraction of sp³-hybridized carbons (Fsp3) is 0.400. The number of hydrogen-bond donors (Lipinski definition) is 1. The van der Waals surface area contributed by atoms with E-state index in [1.165, 1.54) is 5.56 Å². The van der Waals surface area contributed by atoms with Crippen LogP contribution < -0.4 is 0 Å². The number of aromatic nitrogens is 1. The van der Waals surface area contributed by atoms with Crippen molar-refractivity contribution < 1.29 is 5.21 Å². The summed E-state index contributed by atoms with van der Waals surface area (Å²) >= 11 is 0. The van der Waals surface area contributed by atoms with Gasteiger partial charge in [-0.1, -0.05) is 18.1 Å². The highest BCUT2D eigenvalue weighted by Gasteiger charge is 2.28. The summed E-state index contributed by atoms with van der Waals surface area (Å²) in [4.78, 5) is 4.22. The molecule has 1 atom stereocenters. The number of fused-ring (bicyclic) bond motifs is 1. The van der Waals surface area contributed by atoms with Gasteiger partial charge in [-0.15, -0.1) is 0 Å². The van der Waals surface area contributed by atoms with Crippen LogP contribution in [0.25, 0.3) is 0 Å². The molecular formula is C10H12N2O. The summed E-state index contributed by atoms with van der Waals surface area (Å²) < 4.78 is 0. The van der Waals surface area contributed by atoms with Crippen molar-refractivity contribution in [2.45, 2.75) is 19.8 Å². The molecule has 1 aromatic rings. The zero-order valence-corrected chi connectivity index (χ0v) is 7.57. The zero-order chi connectivity index (χ0) is 9.26. The Hall–Kier alpha value is -1.38. The Labute approximate surface area is 77.1 Å². The maximum atomic E-state index is 8.86. The van der Waals surface area contributed by atoms with E-state index in [0.29, 0.717) is 5.92 Å². The molecule has 0 spiro atoms. The minimum atomic E-state index is 0.342. The standard InChI is InChI=1S/C10H12N2O/c1-2-7-6-8-4-3-5-11-9(8)10(7)12-13/h3-5,7,13H,2,6H2,1H3/b12-10+. The van der Waals surface area contributed by atoms with Crippen LogP contribution in [-0.4, -0.2) is 15.9 Å². The monoisotopic (exact) mass is 176 g/mol. The number of pyridine rings is 1. The summed E-state index contributed by atoms with van der Waals surface area (Å²) in [6, 6.07) is 3.97. The molecule has 0 radical (unpaired) electrons. The molecule has 3 heteroatoms. The van der Waals surface area contributed by atoms with Crippen molar-refractivity contribution in [3.8, 4) is 0 Å². The van der Waals surface area contributed by atoms with Crippen LogP contribution >= 0.6 is 0 Å². The molecule has 13 heavy (non-hydrogen) atoms. The average Bonchev–Trinajstić information content (AvgIpc) is 2.55. The highest BCUT2D eigenvalue weighted by Crippen LogP contribution is 2.27. The lowest BCUT2D eigenvalue weighted by atomic mass is 10.0. The molecule has 1 aliphatic carbocycles. The number of nitrogens with zero attached hydrogens (tertiary/aromatic N) is 2. The third kappa shape index (κ3) is 1.20. The van der Waals surface area contributed by atoms with Gasteiger partial charge in [0.05, 0.1) is 5.69 Å². The van der Waals surface area contributed by atoms with Crippen LogP contribution in [-0.2, 0) is 6.42 Å². The molecule has 2 rings (SSSR count). The van der Waals surface area contributed by atoms with Gasteiger partial charge in [0.2, 0.25) is 0 Å². The first-order chi connectivity index (χ1) is 6.36. The lowest BCUT2D eigenvalue weighted by molar-refractivity contribution is 0.315. The Morgan fingerprint density at radius 3 is 3.23 bits per heavy atom. The van der Waals surface area contributed by atoms with Crippen molar-refractivity contribution in [3.05, 3.63) is 29.6 Å². The molecule has 1 heterocycles. The van der Waals surface area contributed by atoms with Gasteiger partial charge in [0.15, 0.2) is 0 Å². The molecule has 1 aromatic heterocycles. The molecule has 0 aromatic carbocycles. The second-order valence-electron chi connectivity index (χ2n) is 3.31. The van der Waals surface area contributed by atoms with E-state index >= 15 is 0 Å². The van der Waals surface area contributed by atoms with Crippen LogP contribution in [0.5, 0.6) is 0 Å². The summed E-state index contributed by atoms with van der Waals surface area (Å²) in [5.41, 5.74) is 2.82. The summed E-state index contributed by atoms with van der Waals surface area (Å²) in [5.74, 6) is 0.342. The van der Waals surface area contributed by atoms with Gasteiger partial charge < -0.3 is 5.21 Å². The topological polar surface area (TPSA) is 45.5 Å². The van der Waals surface area contributed by atoms with Crippen molar-refractivity contribution in [2.24, 2.45) is 11.1 Å². The Bertz CT molecular complexity index is 347. The molecule has 0 saturated carbocycles. The Morgan fingerprint density at radius 2 is 2.54 bits per heavy atom. The summed E-state index contributed by atoms with van der Waals surface area (Å²) in [7, 11) is 0. The first-order valence-electron chi connectivity index (χ1n) is 4.53. The van der Waals surface area contributed by atoms with E-state index in [2.05, 4.69) is 17.1 Å². The predicted molar refractivity (Wildman–Crippen MR) is 50.0 cm³/mol. The van der Waals surface area contributed by atoms with E-state index in [0.717, 1.165) is 24.2 Å². The lowest BCUT2D eigenvalue weighted by Gasteiger charge is -2.03. The summed E-state index contributed by atoms with van der Waals surface area (Å²) in [6.45, 7) is 2.10. The molecule has 0 bridgehead atoms. The van der Waals surface area contributed by atoms with Crippen molar-refractivity contribution in [1.82, 2.24) is 4.98 Å². The van der Waals surface area contributed by atoms with Gasteiger partial charge in [-0.05, 0) is 24.5 Å². The highest BCUT2D eigenvalue weighted by atomic mass is 16.4. The first kappa shape index (κ1) is 8.23. The van der Waals surface area contributed by atoms with Gasteiger partial charge in [-0.3, -0.25) is 4.98 Å². The average molecular weight is 176 g/mol. The highest BCUT2D eigenvalue weighted by molar-refractivity contribution is 6.04. The van der Waals surface area contributed by atoms with Crippen molar-refractivity contribution in [2.75, 3.05) is 0 Å². The van der Waals surface area contributed by atoms with Gasteiger partial charge in [-0.25, -0.2) is 0 Å². The molecule has 3 nitrogen and oxygen atoms in total. The van der Waals surface area contributed by atoms with Gasteiger partial charge >= 0.3 is 0 Å². The number of hydrogen-bond acceptors (Lipinski definition) is 3. The summed E-state index contributed by atoms with van der Waals surface area (Å²) in [5, 5.41) is 12.2.